The fourth-order valence-electron chi connectivity index (χ4n) is 2.33. The van der Waals surface area contributed by atoms with Crippen molar-refractivity contribution in [2.75, 3.05) is 0 Å². The summed E-state index contributed by atoms with van der Waals surface area (Å²) >= 11 is 8.51. The lowest BCUT2D eigenvalue weighted by molar-refractivity contribution is 0.582. The van der Waals surface area contributed by atoms with Crippen molar-refractivity contribution in [3.05, 3.63) is 49.6 Å². The smallest absolute Gasteiger partial charge is 0.124 e. The van der Waals surface area contributed by atoms with Crippen molar-refractivity contribution in [2.24, 2.45) is 5.73 Å². The van der Waals surface area contributed by atoms with Crippen molar-refractivity contribution in [3.8, 4) is 0 Å². The van der Waals surface area contributed by atoms with Crippen LogP contribution in [0.5, 0.6) is 0 Å². The van der Waals surface area contributed by atoms with Crippen LogP contribution < -0.4 is 5.73 Å². The van der Waals surface area contributed by atoms with Gasteiger partial charge >= 0.3 is 0 Å². The first kappa shape index (κ1) is 16.7. The Bertz CT molecular complexity index is 642. The average Bonchev–Trinajstić information content (AvgIpc) is 2.75. The van der Waals surface area contributed by atoms with Gasteiger partial charge in [-0.15, -0.1) is 0 Å². The van der Waals surface area contributed by atoms with E-state index in [0.29, 0.717) is 11.4 Å². The zero-order chi connectivity index (χ0) is 15.6. The van der Waals surface area contributed by atoms with Crippen molar-refractivity contribution in [3.63, 3.8) is 0 Å². The van der Waals surface area contributed by atoms with Crippen molar-refractivity contribution in [1.29, 1.82) is 0 Å². The summed E-state index contributed by atoms with van der Waals surface area (Å²) < 4.78 is 15.9. The predicted octanol–water partition coefficient (Wildman–Crippen LogP) is 4.11. The summed E-state index contributed by atoms with van der Waals surface area (Å²) in [7, 11) is 0. The van der Waals surface area contributed by atoms with E-state index in [1.807, 2.05) is 18.5 Å². The molecule has 1 unspecified atom stereocenters. The summed E-state index contributed by atoms with van der Waals surface area (Å²) in [6, 6.07) is 4.43. The Kier molecular flexibility index (Phi) is 5.62. The van der Waals surface area contributed by atoms with E-state index >= 15 is 0 Å². The monoisotopic (exact) mass is 421 g/mol. The van der Waals surface area contributed by atoms with Crippen LogP contribution in [-0.4, -0.2) is 9.78 Å². The van der Waals surface area contributed by atoms with Crippen LogP contribution in [0.25, 0.3) is 0 Å². The minimum absolute atomic E-state index is 0.235. The third-order valence-electron chi connectivity index (χ3n) is 3.47. The van der Waals surface area contributed by atoms with E-state index < -0.39 is 0 Å². The van der Waals surface area contributed by atoms with E-state index in [4.69, 9.17) is 17.3 Å². The van der Waals surface area contributed by atoms with E-state index in [1.165, 1.54) is 12.1 Å². The molecule has 2 rings (SSSR count). The van der Waals surface area contributed by atoms with Crippen LogP contribution >= 0.6 is 34.2 Å². The van der Waals surface area contributed by atoms with Gasteiger partial charge in [-0.25, -0.2) is 4.39 Å². The lowest BCUT2D eigenvalue weighted by atomic mass is 10.0. The zero-order valence-corrected chi connectivity index (χ0v) is 14.9. The highest BCUT2D eigenvalue weighted by Gasteiger charge is 2.19. The van der Waals surface area contributed by atoms with Gasteiger partial charge in [0.1, 0.15) is 5.82 Å². The second kappa shape index (κ2) is 7.07. The number of hydrogen-bond acceptors (Lipinski definition) is 2. The molecule has 0 aliphatic carbocycles. The molecule has 0 radical (unpaired) electrons. The van der Waals surface area contributed by atoms with Gasteiger partial charge in [0.05, 0.1) is 16.4 Å². The summed E-state index contributed by atoms with van der Waals surface area (Å²) in [4.78, 5) is 0. The van der Waals surface area contributed by atoms with Gasteiger partial charge in [0.2, 0.25) is 0 Å². The third-order valence-corrected chi connectivity index (χ3v) is 4.84. The van der Waals surface area contributed by atoms with Crippen molar-refractivity contribution in [1.82, 2.24) is 9.78 Å². The van der Waals surface area contributed by atoms with Gasteiger partial charge in [0.15, 0.2) is 0 Å². The summed E-state index contributed by atoms with van der Waals surface area (Å²) in [6.45, 7) is 4.81. The van der Waals surface area contributed by atoms with Gasteiger partial charge in [0, 0.05) is 22.6 Å². The van der Waals surface area contributed by atoms with E-state index in [9.17, 15) is 4.39 Å². The number of benzene rings is 1. The minimum Gasteiger partial charge on any atom is -0.324 e. The Morgan fingerprint density at radius 2 is 2.14 bits per heavy atom. The summed E-state index contributed by atoms with van der Waals surface area (Å²) in [5.74, 6) is -0.250. The normalized spacial score (nSPS) is 12.7. The summed E-state index contributed by atoms with van der Waals surface area (Å²) in [6.07, 6.45) is 1.38. The molecule has 0 amide bonds. The Morgan fingerprint density at radius 1 is 1.43 bits per heavy atom. The molecule has 2 aromatic rings. The second-order valence-electron chi connectivity index (χ2n) is 4.85. The number of nitrogens with zero attached hydrogens (tertiary/aromatic N) is 2. The molecule has 0 fully saturated rings. The molecule has 1 heterocycles. The maximum absolute atomic E-state index is 13.2. The molecule has 2 N–H and O–H groups in total. The summed E-state index contributed by atoms with van der Waals surface area (Å²) in [5, 5.41) is 5.20. The highest BCUT2D eigenvalue weighted by molar-refractivity contribution is 14.1. The van der Waals surface area contributed by atoms with Crippen LogP contribution in [0, 0.1) is 9.39 Å². The van der Waals surface area contributed by atoms with Crippen molar-refractivity contribution >= 4 is 34.2 Å². The van der Waals surface area contributed by atoms with Crippen LogP contribution in [0.1, 0.15) is 36.8 Å². The predicted molar refractivity (Wildman–Crippen MR) is 92.0 cm³/mol. The number of halogens is 3. The number of aromatic nitrogens is 2. The molecule has 1 atom stereocenters. The molecule has 21 heavy (non-hydrogen) atoms. The number of rotatable bonds is 5. The molecule has 0 aliphatic rings. The molecule has 1 aromatic heterocycles. The highest BCUT2D eigenvalue weighted by Crippen LogP contribution is 2.28. The van der Waals surface area contributed by atoms with Crippen molar-refractivity contribution in [2.45, 2.75) is 39.3 Å². The SMILES string of the molecule is CCc1nn(CC)c(CC(N)c2ccc(F)cc2I)c1Cl. The highest BCUT2D eigenvalue weighted by atomic mass is 127. The van der Waals surface area contributed by atoms with Crippen LogP contribution in [0.2, 0.25) is 5.02 Å². The fourth-order valence-corrected chi connectivity index (χ4v) is 3.56. The average molecular weight is 422 g/mol. The Morgan fingerprint density at radius 3 is 2.71 bits per heavy atom. The first-order chi connectivity index (χ1) is 9.97. The molecule has 0 saturated carbocycles. The molecule has 0 spiro atoms. The lowest BCUT2D eigenvalue weighted by Gasteiger charge is -2.15. The van der Waals surface area contributed by atoms with Gasteiger partial charge in [-0.05, 0) is 53.6 Å². The topological polar surface area (TPSA) is 43.8 Å². The molecule has 3 nitrogen and oxygen atoms in total. The van der Waals surface area contributed by atoms with Crippen LogP contribution in [0.4, 0.5) is 4.39 Å². The molecule has 0 aliphatic heterocycles. The Labute approximate surface area is 142 Å². The molecule has 1 aromatic carbocycles. The standard InChI is InChI=1S/C15H18ClFIN3/c1-3-13-15(16)14(21(4-2)20-13)8-12(19)10-6-5-9(17)7-11(10)18/h5-7,12H,3-4,8,19H2,1-2H3. The molecule has 114 valence electrons. The number of aryl methyl sites for hydroxylation is 2. The first-order valence-electron chi connectivity index (χ1n) is 6.92. The largest absolute Gasteiger partial charge is 0.324 e. The van der Waals surface area contributed by atoms with Crippen LogP contribution in [0.3, 0.4) is 0 Å². The number of nitrogens with two attached hydrogens (primary N) is 1. The van der Waals surface area contributed by atoms with E-state index in [2.05, 4.69) is 27.7 Å². The molecular weight excluding hydrogens is 404 g/mol. The minimum atomic E-state index is -0.250. The maximum Gasteiger partial charge on any atom is 0.124 e. The molecule has 6 heteroatoms. The fraction of sp³-hybridized carbons (Fsp3) is 0.400. The van der Waals surface area contributed by atoms with Gasteiger partial charge in [-0.2, -0.15) is 5.10 Å². The first-order valence-corrected chi connectivity index (χ1v) is 8.38. The lowest BCUT2D eigenvalue weighted by Crippen LogP contribution is -2.17. The summed E-state index contributed by atoms with van der Waals surface area (Å²) in [5.41, 5.74) is 9.07. The van der Waals surface area contributed by atoms with E-state index in [-0.39, 0.29) is 11.9 Å². The Balaban J connectivity index is 2.31. The second-order valence-corrected chi connectivity index (χ2v) is 6.39. The van der Waals surface area contributed by atoms with Crippen LogP contribution in [0.15, 0.2) is 18.2 Å². The third kappa shape index (κ3) is 3.57. The molecule has 0 saturated heterocycles. The van der Waals surface area contributed by atoms with E-state index in [0.717, 1.165) is 33.5 Å². The van der Waals surface area contributed by atoms with Gasteiger partial charge < -0.3 is 5.73 Å². The van der Waals surface area contributed by atoms with Crippen LogP contribution in [-0.2, 0) is 19.4 Å². The quantitative estimate of drug-likeness (QED) is 0.739. The van der Waals surface area contributed by atoms with E-state index in [1.54, 1.807) is 6.07 Å². The van der Waals surface area contributed by atoms with Crippen molar-refractivity contribution < 1.29 is 4.39 Å². The van der Waals surface area contributed by atoms with Gasteiger partial charge in [-0.1, -0.05) is 24.6 Å². The van der Waals surface area contributed by atoms with Gasteiger partial charge in [0.25, 0.3) is 0 Å². The number of hydrogen-bond donors (Lipinski definition) is 1. The molecular formula is C15H18ClFIN3. The zero-order valence-electron chi connectivity index (χ0n) is 12.0. The molecule has 0 bridgehead atoms. The maximum atomic E-state index is 13.2. The van der Waals surface area contributed by atoms with Gasteiger partial charge in [-0.3, -0.25) is 4.68 Å². The Hall–Kier alpha value is -0.660.